The largest absolute Gasteiger partial charge is 0.465 e. The van der Waals surface area contributed by atoms with Crippen molar-refractivity contribution in [3.8, 4) is 0 Å². The van der Waals surface area contributed by atoms with Crippen molar-refractivity contribution in [2.24, 2.45) is 0 Å². The monoisotopic (exact) mass is 391 g/mol. The van der Waals surface area contributed by atoms with Crippen molar-refractivity contribution in [3.63, 3.8) is 0 Å². The van der Waals surface area contributed by atoms with Crippen LogP contribution in [0.1, 0.15) is 21.5 Å². The van der Waals surface area contributed by atoms with E-state index in [4.69, 9.17) is 4.74 Å². The fraction of sp³-hybridized carbons (Fsp3) is 0.263. The van der Waals surface area contributed by atoms with Gasteiger partial charge in [0.2, 0.25) is 10.0 Å². The van der Waals surface area contributed by atoms with Crippen molar-refractivity contribution < 1.29 is 27.5 Å². The first-order chi connectivity index (χ1) is 12.7. The summed E-state index contributed by atoms with van der Waals surface area (Å²) in [7, 11) is -1.19. The molecule has 0 heterocycles. The van der Waals surface area contributed by atoms with Gasteiger partial charge in [-0.25, -0.2) is 13.2 Å². The van der Waals surface area contributed by atoms with E-state index in [2.05, 4.69) is 4.74 Å². The van der Waals surface area contributed by atoms with Crippen LogP contribution < -0.4 is 0 Å². The average molecular weight is 391 g/mol. The van der Waals surface area contributed by atoms with Crippen LogP contribution in [0.3, 0.4) is 0 Å². The second kappa shape index (κ2) is 8.79. The predicted molar refractivity (Wildman–Crippen MR) is 98.6 cm³/mol. The lowest BCUT2D eigenvalue weighted by atomic mass is 10.1. The first-order valence-electron chi connectivity index (χ1n) is 8.10. The Bertz CT molecular complexity index is 921. The van der Waals surface area contributed by atoms with Crippen molar-refractivity contribution >= 4 is 22.0 Å². The summed E-state index contributed by atoms with van der Waals surface area (Å²) in [6.07, 6.45) is 0. The topological polar surface area (TPSA) is 90.0 Å². The molecule has 0 amide bonds. The minimum atomic E-state index is -3.78. The van der Waals surface area contributed by atoms with Gasteiger partial charge in [0.25, 0.3) is 0 Å². The summed E-state index contributed by atoms with van der Waals surface area (Å²) in [5.74, 6) is -1.19. The Hall–Kier alpha value is -2.71. The number of hydrogen-bond donors (Lipinski definition) is 0. The first kappa shape index (κ1) is 20.6. The zero-order chi connectivity index (χ0) is 20.0. The first-order valence-corrected chi connectivity index (χ1v) is 9.54. The SMILES string of the molecule is COC(=O)c1cccc(COC(=O)CN(C)S(=O)(=O)c2ccc(C)cc2)c1. The Kier molecular flexibility index (Phi) is 6.70. The van der Waals surface area contributed by atoms with Crippen LogP contribution >= 0.6 is 0 Å². The maximum Gasteiger partial charge on any atom is 0.337 e. The summed E-state index contributed by atoms with van der Waals surface area (Å²) >= 11 is 0. The van der Waals surface area contributed by atoms with Gasteiger partial charge in [-0.1, -0.05) is 29.8 Å². The van der Waals surface area contributed by atoms with Crippen LogP contribution in [0, 0.1) is 6.92 Å². The van der Waals surface area contributed by atoms with Gasteiger partial charge in [0.05, 0.1) is 17.6 Å². The standard InChI is InChI=1S/C19H21NO6S/c1-14-7-9-17(10-8-14)27(23,24)20(2)12-18(21)26-13-15-5-4-6-16(11-15)19(22)25-3/h4-11H,12-13H2,1-3H3. The number of nitrogens with zero attached hydrogens (tertiary/aromatic N) is 1. The third kappa shape index (κ3) is 5.38. The molecule has 0 saturated carbocycles. The molecule has 27 heavy (non-hydrogen) atoms. The molecule has 0 spiro atoms. The minimum absolute atomic E-state index is 0.0813. The molecule has 8 heteroatoms. The molecule has 144 valence electrons. The van der Waals surface area contributed by atoms with Gasteiger partial charge in [-0.2, -0.15) is 4.31 Å². The van der Waals surface area contributed by atoms with Crippen LogP contribution in [0.4, 0.5) is 0 Å². The highest BCUT2D eigenvalue weighted by Crippen LogP contribution is 2.15. The molecule has 0 saturated heterocycles. The summed E-state index contributed by atoms with van der Waals surface area (Å²) < 4.78 is 35.6. The van der Waals surface area contributed by atoms with E-state index in [-0.39, 0.29) is 11.5 Å². The highest BCUT2D eigenvalue weighted by Gasteiger charge is 2.23. The zero-order valence-electron chi connectivity index (χ0n) is 15.3. The van der Waals surface area contributed by atoms with Gasteiger partial charge in [0, 0.05) is 7.05 Å². The maximum atomic E-state index is 12.5. The smallest absolute Gasteiger partial charge is 0.337 e. The van der Waals surface area contributed by atoms with E-state index in [0.717, 1.165) is 9.87 Å². The Morgan fingerprint density at radius 3 is 2.37 bits per heavy atom. The molecule has 0 aliphatic heterocycles. The number of hydrogen-bond acceptors (Lipinski definition) is 6. The van der Waals surface area contributed by atoms with Gasteiger partial charge in [-0.05, 0) is 36.8 Å². The average Bonchev–Trinajstić information content (AvgIpc) is 2.66. The lowest BCUT2D eigenvalue weighted by molar-refractivity contribution is -0.144. The Morgan fingerprint density at radius 1 is 1.07 bits per heavy atom. The number of ether oxygens (including phenoxy) is 2. The van der Waals surface area contributed by atoms with Crippen molar-refractivity contribution in [3.05, 3.63) is 65.2 Å². The summed E-state index contributed by atoms with van der Waals surface area (Å²) in [4.78, 5) is 23.6. The maximum absolute atomic E-state index is 12.5. The van der Waals surface area contributed by atoms with Gasteiger partial charge in [0.15, 0.2) is 0 Å². The third-order valence-corrected chi connectivity index (χ3v) is 5.65. The molecule has 2 aromatic carbocycles. The van der Waals surface area contributed by atoms with Crippen LogP contribution in [0.25, 0.3) is 0 Å². The number of methoxy groups -OCH3 is 1. The lowest BCUT2D eigenvalue weighted by Crippen LogP contribution is -2.33. The van der Waals surface area contributed by atoms with E-state index in [1.54, 1.807) is 36.4 Å². The van der Waals surface area contributed by atoms with E-state index in [9.17, 15) is 18.0 Å². The van der Waals surface area contributed by atoms with Gasteiger partial charge in [0.1, 0.15) is 13.2 Å². The molecule has 0 radical (unpaired) electrons. The zero-order valence-corrected chi connectivity index (χ0v) is 16.2. The number of carbonyl (C=O) groups excluding carboxylic acids is 2. The van der Waals surface area contributed by atoms with E-state index < -0.39 is 28.5 Å². The van der Waals surface area contributed by atoms with Gasteiger partial charge < -0.3 is 9.47 Å². The lowest BCUT2D eigenvalue weighted by Gasteiger charge is -2.16. The molecular weight excluding hydrogens is 370 g/mol. The van der Waals surface area contributed by atoms with Crippen LogP contribution in [-0.2, 0) is 30.9 Å². The van der Waals surface area contributed by atoms with Crippen molar-refractivity contribution in [1.82, 2.24) is 4.31 Å². The second-order valence-corrected chi connectivity index (χ2v) is 7.97. The molecule has 0 atom stereocenters. The van der Waals surface area contributed by atoms with Gasteiger partial charge in [-0.15, -0.1) is 0 Å². The summed E-state index contributed by atoms with van der Waals surface area (Å²) in [6.45, 7) is 1.35. The van der Waals surface area contributed by atoms with E-state index >= 15 is 0 Å². The van der Waals surface area contributed by atoms with Gasteiger partial charge >= 0.3 is 11.9 Å². The molecule has 0 aromatic heterocycles. The van der Waals surface area contributed by atoms with Crippen LogP contribution in [0.2, 0.25) is 0 Å². The number of rotatable bonds is 7. The highest BCUT2D eigenvalue weighted by molar-refractivity contribution is 7.89. The fourth-order valence-electron chi connectivity index (χ4n) is 2.27. The number of esters is 2. The van der Waals surface area contributed by atoms with E-state index in [1.165, 1.54) is 26.3 Å². The van der Waals surface area contributed by atoms with E-state index in [1.807, 2.05) is 6.92 Å². The summed E-state index contributed by atoms with van der Waals surface area (Å²) in [5, 5.41) is 0. The number of carbonyl (C=O) groups is 2. The van der Waals surface area contributed by atoms with Crippen LogP contribution in [0.15, 0.2) is 53.4 Å². The molecule has 2 rings (SSSR count). The Morgan fingerprint density at radius 2 is 1.74 bits per heavy atom. The molecule has 0 aliphatic rings. The number of aryl methyl sites for hydroxylation is 1. The molecule has 0 fully saturated rings. The second-order valence-electron chi connectivity index (χ2n) is 5.93. The molecular formula is C19H21NO6S. The Labute approximate surface area is 158 Å². The van der Waals surface area contributed by atoms with Crippen molar-refractivity contribution in [2.45, 2.75) is 18.4 Å². The number of benzene rings is 2. The van der Waals surface area contributed by atoms with Crippen LogP contribution in [0.5, 0.6) is 0 Å². The summed E-state index contributed by atoms with van der Waals surface area (Å²) in [6, 6.07) is 12.8. The predicted octanol–water partition coefficient (Wildman–Crippen LogP) is 2.15. The normalized spacial score (nSPS) is 11.3. The number of likely N-dealkylation sites (N-methyl/N-ethyl adjacent to an activating group) is 1. The quantitative estimate of drug-likeness (QED) is 0.672. The molecule has 7 nitrogen and oxygen atoms in total. The molecule has 0 bridgehead atoms. The molecule has 2 aromatic rings. The van der Waals surface area contributed by atoms with Gasteiger partial charge in [-0.3, -0.25) is 4.79 Å². The molecule has 0 N–H and O–H groups in total. The van der Waals surface area contributed by atoms with E-state index in [0.29, 0.717) is 11.1 Å². The third-order valence-electron chi connectivity index (χ3n) is 3.83. The fourth-order valence-corrected chi connectivity index (χ4v) is 3.39. The minimum Gasteiger partial charge on any atom is -0.465 e. The highest BCUT2D eigenvalue weighted by atomic mass is 32.2. The summed E-state index contributed by atoms with van der Waals surface area (Å²) in [5.41, 5.74) is 1.87. The molecule has 0 aliphatic carbocycles. The van der Waals surface area contributed by atoms with Crippen molar-refractivity contribution in [1.29, 1.82) is 0 Å². The molecule has 0 unspecified atom stereocenters. The Balaban J connectivity index is 1.97. The number of sulfonamides is 1. The van der Waals surface area contributed by atoms with Crippen LogP contribution in [-0.4, -0.2) is 45.4 Å². The van der Waals surface area contributed by atoms with Crippen molar-refractivity contribution in [2.75, 3.05) is 20.7 Å².